The summed E-state index contributed by atoms with van der Waals surface area (Å²) in [4.78, 5) is 1.98. The molecule has 0 saturated carbocycles. The first kappa shape index (κ1) is 13.4. The molecule has 0 radical (unpaired) electrons. The quantitative estimate of drug-likeness (QED) is 0.416. The molecule has 0 aliphatic rings. The average Bonchev–Trinajstić information content (AvgIpc) is 2.21. The zero-order valence-corrected chi connectivity index (χ0v) is 10.7. The number of thiocarbonyl (C=S) groups is 1. The van der Waals surface area contributed by atoms with E-state index in [2.05, 4.69) is 22.7 Å². The van der Waals surface area contributed by atoms with Crippen molar-refractivity contribution in [3.05, 3.63) is 29.3 Å². The van der Waals surface area contributed by atoms with Gasteiger partial charge in [0.2, 0.25) is 0 Å². The van der Waals surface area contributed by atoms with Gasteiger partial charge in [0.05, 0.1) is 6.21 Å². The Bertz CT molecular complexity index is 431. The number of hydrogen-bond acceptors (Lipinski definition) is 4. The molecule has 1 aromatic rings. The van der Waals surface area contributed by atoms with E-state index in [1.165, 1.54) is 0 Å². The van der Waals surface area contributed by atoms with Crippen molar-refractivity contribution in [2.24, 2.45) is 10.8 Å². The van der Waals surface area contributed by atoms with E-state index in [1.54, 1.807) is 18.3 Å². The van der Waals surface area contributed by atoms with Crippen LogP contribution in [0.4, 0.5) is 0 Å². The second-order valence-corrected chi connectivity index (χ2v) is 4.30. The van der Waals surface area contributed by atoms with Crippen LogP contribution in [-0.2, 0) is 6.54 Å². The molecule has 17 heavy (non-hydrogen) atoms. The molecule has 0 aliphatic heterocycles. The summed E-state index contributed by atoms with van der Waals surface area (Å²) in [6.45, 7) is 0.663. The number of benzene rings is 1. The second kappa shape index (κ2) is 6.17. The number of nitrogens with one attached hydrogen (secondary N) is 1. The highest BCUT2D eigenvalue weighted by molar-refractivity contribution is 7.80. The van der Waals surface area contributed by atoms with Crippen molar-refractivity contribution in [2.75, 3.05) is 14.1 Å². The maximum absolute atomic E-state index is 9.67. The van der Waals surface area contributed by atoms with Crippen LogP contribution in [0.1, 0.15) is 11.1 Å². The monoisotopic (exact) mass is 252 g/mol. The van der Waals surface area contributed by atoms with Gasteiger partial charge >= 0.3 is 0 Å². The lowest BCUT2D eigenvalue weighted by Crippen LogP contribution is -2.24. The van der Waals surface area contributed by atoms with Crippen molar-refractivity contribution in [2.45, 2.75) is 6.54 Å². The highest BCUT2D eigenvalue weighted by Crippen LogP contribution is 2.18. The lowest BCUT2D eigenvalue weighted by molar-refractivity contribution is 0.386. The molecule has 4 N–H and O–H groups in total. The molecule has 5 nitrogen and oxygen atoms in total. The fourth-order valence-electron chi connectivity index (χ4n) is 1.32. The van der Waals surface area contributed by atoms with Crippen molar-refractivity contribution in [1.29, 1.82) is 0 Å². The molecule has 0 bridgehead atoms. The molecule has 0 atom stereocenters. The van der Waals surface area contributed by atoms with E-state index in [0.717, 1.165) is 11.1 Å². The third-order valence-corrected chi connectivity index (χ3v) is 2.07. The van der Waals surface area contributed by atoms with Crippen molar-refractivity contribution in [3.63, 3.8) is 0 Å². The molecule has 0 saturated heterocycles. The normalized spacial score (nSPS) is 11.0. The van der Waals surface area contributed by atoms with Gasteiger partial charge in [-0.15, -0.1) is 0 Å². The van der Waals surface area contributed by atoms with Crippen LogP contribution >= 0.6 is 12.2 Å². The molecule has 0 fully saturated rings. The summed E-state index contributed by atoms with van der Waals surface area (Å²) in [5.74, 6) is 0.276. The average molecular weight is 252 g/mol. The predicted octanol–water partition coefficient (Wildman–Crippen LogP) is 0.621. The van der Waals surface area contributed by atoms with E-state index in [-0.39, 0.29) is 10.9 Å². The van der Waals surface area contributed by atoms with Gasteiger partial charge in [-0.1, -0.05) is 0 Å². The van der Waals surface area contributed by atoms with Gasteiger partial charge in [-0.25, -0.2) is 0 Å². The molecule has 0 unspecified atom stereocenters. The van der Waals surface area contributed by atoms with Crippen LogP contribution in [0.25, 0.3) is 0 Å². The number of nitrogens with two attached hydrogens (primary N) is 1. The summed E-state index contributed by atoms with van der Waals surface area (Å²) >= 11 is 4.62. The Balaban J connectivity index is 2.81. The van der Waals surface area contributed by atoms with Crippen LogP contribution in [0, 0.1) is 0 Å². The summed E-state index contributed by atoms with van der Waals surface area (Å²) in [6, 6.07) is 5.26. The minimum absolute atomic E-state index is 0.119. The van der Waals surface area contributed by atoms with Crippen molar-refractivity contribution >= 4 is 23.5 Å². The lowest BCUT2D eigenvalue weighted by atomic mass is 10.1. The highest BCUT2D eigenvalue weighted by Gasteiger charge is 2.03. The molecule has 0 aromatic heterocycles. The van der Waals surface area contributed by atoms with Crippen LogP contribution in [0.15, 0.2) is 23.3 Å². The highest BCUT2D eigenvalue weighted by atomic mass is 32.1. The Kier molecular flexibility index (Phi) is 4.86. The lowest BCUT2D eigenvalue weighted by Gasteiger charge is -2.11. The van der Waals surface area contributed by atoms with E-state index >= 15 is 0 Å². The van der Waals surface area contributed by atoms with Crippen molar-refractivity contribution < 1.29 is 5.11 Å². The van der Waals surface area contributed by atoms with Gasteiger partial charge in [-0.05, 0) is 50.1 Å². The van der Waals surface area contributed by atoms with E-state index in [1.807, 2.05) is 25.1 Å². The third-order valence-electron chi connectivity index (χ3n) is 1.98. The molecular formula is C11H16N4OS. The number of phenolic OH excluding ortho intramolecular Hbond substituents is 1. The van der Waals surface area contributed by atoms with Gasteiger partial charge in [0.15, 0.2) is 5.11 Å². The first-order valence-corrected chi connectivity index (χ1v) is 5.45. The minimum atomic E-state index is 0.119. The van der Waals surface area contributed by atoms with Crippen LogP contribution in [-0.4, -0.2) is 35.4 Å². The number of nitrogens with zero attached hydrogens (tertiary/aromatic N) is 2. The van der Waals surface area contributed by atoms with E-state index in [0.29, 0.717) is 6.54 Å². The van der Waals surface area contributed by atoms with E-state index < -0.39 is 0 Å². The van der Waals surface area contributed by atoms with E-state index in [9.17, 15) is 5.11 Å². The first-order valence-electron chi connectivity index (χ1n) is 5.04. The van der Waals surface area contributed by atoms with Gasteiger partial charge in [-0.2, -0.15) is 5.10 Å². The summed E-state index contributed by atoms with van der Waals surface area (Å²) in [7, 11) is 3.88. The molecule has 0 spiro atoms. The van der Waals surface area contributed by atoms with Gasteiger partial charge < -0.3 is 15.7 Å². The summed E-state index contributed by atoms with van der Waals surface area (Å²) in [5, 5.41) is 13.6. The van der Waals surface area contributed by atoms with Gasteiger partial charge in [0.25, 0.3) is 0 Å². The van der Waals surface area contributed by atoms with Crippen LogP contribution < -0.4 is 11.2 Å². The number of phenols is 1. The van der Waals surface area contributed by atoms with Gasteiger partial charge in [-0.3, -0.25) is 5.43 Å². The minimum Gasteiger partial charge on any atom is -0.508 e. The molecular weight excluding hydrogens is 236 g/mol. The van der Waals surface area contributed by atoms with Crippen molar-refractivity contribution in [1.82, 2.24) is 10.3 Å². The van der Waals surface area contributed by atoms with Crippen molar-refractivity contribution in [3.8, 4) is 5.75 Å². The molecule has 92 valence electrons. The Morgan fingerprint density at radius 1 is 1.59 bits per heavy atom. The smallest absolute Gasteiger partial charge is 0.184 e. The SMILES string of the molecule is CN(C)Cc1cc(C=NNC(N)=S)ccc1O. The van der Waals surface area contributed by atoms with Gasteiger partial charge in [0.1, 0.15) is 5.75 Å². The molecule has 0 aliphatic carbocycles. The summed E-state index contributed by atoms with van der Waals surface area (Å²) in [5.41, 5.74) is 9.42. The number of hydrogen-bond donors (Lipinski definition) is 3. The molecule has 1 aromatic carbocycles. The Morgan fingerprint density at radius 3 is 2.88 bits per heavy atom. The van der Waals surface area contributed by atoms with E-state index in [4.69, 9.17) is 5.73 Å². The fourth-order valence-corrected chi connectivity index (χ4v) is 1.38. The largest absolute Gasteiger partial charge is 0.508 e. The fraction of sp³-hybridized carbons (Fsp3) is 0.273. The molecule has 6 heteroatoms. The summed E-state index contributed by atoms with van der Waals surface area (Å²) < 4.78 is 0. The Labute approximate surface area is 106 Å². The Hall–Kier alpha value is -1.66. The zero-order valence-electron chi connectivity index (χ0n) is 9.84. The van der Waals surface area contributed by atoms with Crippen LogP contribution in [0.2, 0.25) is 0 Å². The number of rotatable bonds is 4. The van der Waals surface area contributed by atoms with Gasteiger partial charge in [0, 0.05) is 12.1 Å². The first-order chi connectivity index (χ1) is 7.99. The van der Waals surface area contributed by atoms with Crippen LogP contribution in [0.3, 0.4) is 0 Å². The maximum atomic E-state index is 9.67. The zero-order chi connectivity index (χ0) is 12.8. The summed E-state index contributed by atoms with van der Waals surface area (Å²) in [6.07, 6.45) is 1.60. The molecule has 0 heterocycles. The maximum Gasteiger partial charge on any atom is 0.184 e. The molecule has 1 rings (SSSR count). The molecule has 0 amide bonds. The standard InChI is InChI=1S/C11H16N4OS/c1-15(2)7-9-5-8(3-4-10(9)16)6-13-14-11(12)17/h3-6,16H,7H2,1-2H3,(H3,12,14,17). The topological polar surface area (TPSA) is 73.9 Å². The predicted molar refractivity (Wildman–Crippen MR) is 73.0 cm³/mol. The Morgan fingerprint density at radius 2 is 2.29 bits per heavy atom. The third kappa shape index (κ3) is 4.80. The second-order valence-electron chi connectivity index (χ2n) is 3.86. The number of aromatic hydroxyl groups is 1. The van der Waals surface area contributed by atoms with Crippen LogP contribution in [0.5, 0.6) is 5.75 Å². The number of hydrazone groups is 1.